The van der Waals surface area contributed by atoms with Gasteiger partial charge in [0.25, 0.3) is 0 Å². The van der Waals surface area contributed by atoms with Crippen LogP contribution < -0.4 is 0 Å². The quantitative estimate of drug-likeness (QED) is 0.0132. The Morgan fingerprint density at radius 3 is 1.05 bits per heavy atom. The molecule has 0 aromatic heterocycles. The van der Waals surface area contributed by atoms with Gasteiger partial charge in [-0.05, 0) is 50.0 Å². The van der Waals surface area contributed by atoms with Crippen LogP contribution in [0, 0.1) is 0 Å². The van der Waals surface area contributed by atoms with Crippen LogP contribution in [0.3, 0.4) is 0 Å². The molecular formula is C73H83N9O25. The first-order valence-electron chi connectivity index (χ1n) is 34.4. The van der Waals surface area contributed by atoms with Crippen molar-refractivity contribution in [3.8, 4) is 0 Å². The predicted octanol–water partition coefficient (Wildman–Crippen LogP) is 6.22. The van der Waals surface area contributed by atoms with Gasteiger partial charge in [-0.3, -0.25) is 0 Å². The summed E-state index contributed by atoms with van der Waals surface area (Å²) in [6.45, 7) is -3.62. The lowest BCUT2D eigenvalue weighted by atomic mass is 9.93. The summed E-state index contributed by atoms with van der Waals surface area (Å²) < 4.78 is 102. The Morgan fingerprint density at radius 2 is 0.645 bits per heavy atom. The Balaban J connectivity index is 0.913. The second-order valence-corrected chi connectivity index (χ2v) is 25.5. The molecule has 6 aromatic carbocycles. The highest BCUT2D eigenvalue weighted by Crippen LogP contribution is 2.41. The van der Waals surface area contributed by atoms with Crippen molar-refractivity contribution in [2.45, 2.75) is 193 Å². The molecule has 0 radical (unpaired) electrons. The molecule has 25 atom stereocenters. The van der Waals surface area contributed by atoms with Crippen molar-refractivity contribution in [2.24, 2.45) is 15.3 Å². The van der Waals surface area contributed by atoms with E-state index < -0.39 is 185 Å². The summed E-state index contributed by atoms with van der Waals surface area (Å²) >= 11 is 0. The number of rotatable bonds is 35. The minimum absolute atomic E-state index is 0.0138. The number of ether oxygens (including phenoxy) is 16. The summed E-state index contributed by atoms with van der Waals surface area (Å²) in [6, 6.07) is 47.9. The SMILES string of the molecule is COC1OC(CO)C(OC2OC(C(=O)O)C(OC3OC(CO)C(OC4OC(C(=O)O)C(OC5OC(CO)C(OCc6ccccc6)C(OCc6ccccc6)C5N=[N+]=[N-])C(OCc5ccccc5)C4OCc4ccccc4)C(O)C3N=[N+]=[N-])C(OCc3ccccc3)C2O)C(OCc2ccccc2)C1N=[N+]=[N-]. The normalized spacial score (nSPS) is 32.8. The second-order valence-electron chi connectivity index (χ2n) is 25.5. The van der Waals surface area contributed by atoms with E-state index in [2.05, 4.69) is 30.1 Å². The molecule has 5 saturated heterocycles. The van der Waals surface area contributed by atoms with Crippen LogP contribution in [0.1, 0.15) is 33.4 Å². The number of carbonyl (C=O) groups is 2. The summed E-state index contributed by atoms with van der Waals surface area (Å²) in [5, 5.41) is 93.1. The van der Waals surface area contributed by atoms with Crippen LogP contribution in [-0.2, 0) is 125 Å². The van der Waals surface area contributed by atoms with Gasteiger partial charge in [-0.15, -0.1) is 0 Å². The fourth-order valence-electron chi connectivity index (χ4n) is 13.3. The number of aliphatic carboxylic acids is 2. The number of benzene rings is 6. The van der Waals surface area contributed by atoms with E-state index in [1.165, 1.54) is 7.11 Å². The molecule has 0 amide bonds. The van der Waals surface area contributed by atoms with Crippen LogP contribution in [0.2, 0.25) is 0 Å². The molecule has 5 fully saturated rings. The first-order valence-corrected chi connectivity index (χ1v) is 34.4. The van der Waals surface area contributed by atoms with Crippen molar-refractivity contribution in [2.75, 3.05) is 26.9 Å². The lowest BCUT2D eigenvalue weighted by molar-refractivity contribution is -0.382. The maximum Gasteiger partial charge on any atom is 0.335 e. The van der Waals surface area contributed by atoms with Crippen molar-refractivity contribution in [1.29, 1.82) is 0 Å². The average molecular weight is 1490 g/mol. The molecule has 7 N–H and O–H groups in total. The van der Waals surface area contributed by atoms with E-state index in [9.17, 15) is 61.9 Å². The minimum Gasteiger partial charge on any atom is -0.479 e. The molecule has 5 aliphatic heterocycles. The van der Waals surface area contributed by atoms with E-state index in [0.29, 0.717) is 27.8 Å². The number of nitrogens with zero attached hydrogens (tertiary/aromatic N) is 9. The van der Waals surface area contributed by atoms with Gasteiger partial charge in [0.05, 0.1) is 65.6 Å². The number of hydrogen-bond acceptors (Lipinski definition) is 26. The van der Waals surface area contributed by atoms with E-state index >= 15 is 0 Å². The van der Waals surface area contributed by atoms with Crippen molar-refractivity contribution >= 4 is 11.9 Å². The summed E-state index contributed by atoms with van der Waals surface area (Å²) in [4.78, 5) is 36.9. The summed E-state index contributed by atoms with van der Waals surface area (Å²) in [5.41, 5.74) is 34.1. The first kappa shape index (κ1) is 79.4. The Bertz CT molecular complexity index is 3870. The van der Waals surface area contributed by atoms with Gasteiger partial charge in [-0.2, -0.15) is 0 Å². The molecular weight excluding hydrogens is 1400 g/mol. The molecule has 34 nitrogen and oxygen atoms in total. The lowest BCUT2D eigenvalue weighted by Crippen LogP contribution is -2.69. The highest BCUT2D eigenvalue weighted by atomic mass is 16.8. The van der Waals surface area contributed by atoms with Gasteiger partial charge in [0.15, 0.2) is 43.7 Å². The van der Waals surface area contributed by atoms with Crippen LogP contribution in [0.5, 0.6) is 0 Å². The zero-order valence-electron chi connectivity index (χ0n) is 57.6. The van der Waals surface area contributed by atoms with E-state index in [4.69, 9.17) is 75.8 Å². The number of aliphatic hydroxyl groups excluding tert-OH is 5. The Hall–Kier alpha value is -8.65. The molecule has 0 saturated carbocycles. The first-order chi connectivity index (χ1) is 52.3. The largest absolute Gasteiger partial charge is 0.479 e. The average Bonchev–Trinajstić information content (AvgIpc) is 0.765. The Morgan fingerprint density at radius 1 is 0.346 bits per heavy atom. The van der Waals surface area contributed by atoms with E-state index in [0.717, 1.165) is 5.56 Å². The highest BCUT2D eigenvalue weighted by molar-refractivity contribution is 5.74. The molecule has 107 heavy (non-hydrogen) atoms. The fourth-order valence-corrected chi connectivity index (χ4v) is 13.3. The number of azide groups is 3. The maximum absolute atomic E-state index is 14.1. The molecule has 5 aliphatic rings. The van der Waals surface area contributed by atoms with Gasteiger partial charge in [0.2, 0.25) is 0 Å². The zero-order chi connectivity index (χ0) is 75.2. The third kappa shape index (κ3) is 20.0. The number of methoxy groups -OCH3 is 1. The smallest absolute Gasteiger partial charge is 0.335 e. The third-order valence-electron chi connectivity index (χ3n) is 18.6. The Kier molecular flexibility index (Phi) is 29.3. The number of aliphatic hydroxyl groups is 5. The summed E-state index contributed by atoms with van der Waals surface area (Å²) in [7, 11) is 1.27. The van der Waals surface area contributed by atoms with Gasteiger partial charge < -0.3 is 112 Å². The monoisotopic (exact) mass is 1490 g/mol. The Labute approximate surface area is 612 Å². The zero-order valence-corrected chi connectivity index (χ0v) is 57.6. The minimum atomic E-state index is -2.23. The van der Waals surface area contributed by atoms with Crippen LogP contribution in [0.25, 0.3) is 31.3 Å². The molecule has 0 bridgehead atoms. The third-order valence-corrected chi connectivity index (χ3v) is 18.6. The standard InChI is InChI=1S/C73H83N9O25/c1-92-69-51(78-81-75)59(95-37-43-24-12-4-13-25-43)57(49(34-85)99-69)103-72-54(87)60(96-38-44-26-14-5-15-27-44)62(64(106-72)67(88)89)104-70-50(77-80-74)53(86)55(47(32-83)100-70)102-73-66(98-40-46-30-18-7-19-31-46)61(97-39-45-28-16-6-17-29-45)63(65(107-73)68(90)91)105-71-52(79-82-76)58(94-36-42-22-10-3-11-23-42)56(48(33-84)101-71)93-35-41-20-8-2-9-21-41/h2-31,47-66,69-73,83-87H,32-40H2,1H3,(H,88,89)(H,90,91). The summed E-state index contributed by atoms with van der Waals surface area (Å²) in [5.74, 6) is -3.44. The molecule has 34 heteroatoms. The lowest BCUT2D eigenvalue weighted by Gasteiger charge is -2.51. The van der Waals surface area contributed by atoms with Crippen molar-refractivity contribution in [3.63, 3.8) is 0 Å². The number of carboxylic acid groups (broad SMARTS) is 2. The number of carboxylic acids is 2. The summed E-state index contributed by atoms with van der Waals surface area (Å²) in [6.07, 6.45) is -38.5. The van der Waals surface area contributed by atoms with Crippen LogP contribution >= 0.6 is 0 Å². The van der Waals surface area contributed by atoms with Crippen molar-refractivity contribution in [3.05, 3.63) is 247 Å². The van der Waals surface area contributed by atoms with E-state index in [1.54, 1.807) is 146 Å². The van der Waals surface area contributed by atoms with Crippen LogP contribution in [0.15, 0.2) is 197 Å². The van der Waals surface area contributed by atoms with Crippen molar-refractivity contribution in [1.82, 2.24) is 0 Å². The molecule has 11 rings (SSSR count). The molecule has 25 unspecified atom stereocenters. The molecule has 6 aromatic rings. The molecule has 0 spiro atoms. The fraction of sp³-hybridized carbons (Fsp3) is 0.479. The van der Waals surface area contributed by atoms with Gasteiger partial charge >= 0.3 is 11.9 Å². The molecule has 570 valence electrons. The maximum atomic E-state index is 14.1. The molecule has 0 aliphatic carbocycles. The van der Waals surface area contributed by atoms with Gasteiger partial charge in [-0.1, -0.05) is 197 Å². The van der Waals surface area contributed by atoms with E-state index in [-0.39, 0.29) is 39.6 Å². The van der Waals surface area contributed by atoms with Crippen LogP contribution in [0.4, 0.5) is 0 Å². The van der Waals surface area contributed by atoms with E-state index in [1.807, 2.05) is 36.4 Å². The second kappa shape index (κ2) is 39.5. The van der Waals surface area contributed by atoms with Gasteiger partial charge in [0.1, 0.15) is 104 Å². The molecule has 5 heterocycles. The van der Waals surface area contributed by atoms with Gasteiger partial charge in [-0.25, -0.2) is 9.59 Å². The highest BCUT2D eigenvalue weighted by Gasteiger charge is 2.60. The topological polar surface area (TPSA) is 470 Å². The predicted molar refractivity (Wildman–Crippen MR) is 367 cm³/mol. The van der Waals surface area contributed by atoms with Gasteiger partial charge in [0, 0.05) is 21.8 Å². The van der Waals surface area contributed by atoms with Crippen LogP contribution in [-0.4, -0.2) is 228 Å². The van der Waals surface area contributed by atoms with Crippen molar-refractivity contribution < 1.29 is 121 Å². The number of hydrogen-bond donors (Lipinski definition) is 7.